The van der Waals surface area contributed by atoms with Gasteiger partial charge in [0.2, 0.25) is 0 Å². The summed E-state index contributed by atoms with van der Waals surface area (Å²) >= 11 is 0. The summed E-state index contributed by atoms with van der Waals surface area (Å²) in [5.74, 6) is -2.20. The Morgan fingerprint density at radius 3 is 2.75 bits per heavy atom. The van der Waals surface area contributed by atoms with Gasteiger partial charge < -0.3 is 10.1 Å². The molecule has 1 heterocycles. The molecule has 0 unspecified atom stereocenters. The summed E-state index contributed by atoms with van der Waals surface area (Å²) in [6.07, 6.45) is -0.0901. The van der Waals surface area contributed by atoms with Crippen molar-refractivity contribution in [2.75, 3.05) is 20.2 Å². The van der Waals surface area contributed by atoms with Gasteiger partial charge in [-0.2, -0.15) is 0 Å². The molecule has 1 aromatic rings. The Bertz CT molecular complexity index is 364. The van der Waals surface area contributed by atoms with Gasteiger partial charge in [-0.3, -0.25) is 0 Å². The van der Waals surface area contributed by atoms with Gasteiger partial charge in [0.05, 0.1) is 7.11 Å². The number of benzene rings is 1. The molecule has 1 aliphatic rings. The highest BCUT2D eigenvalue weighted by Gasteiger charge is 2.36. The molecule has 1 fully saturated rings. The number of nitrogens with one attached hydrogen (secondary N) is 1. The molecule has 2 rings (SSSR count). The minimum Gasteiger partial charge on any atom is -0.497 e. The molecule has 0 aromatic heterocycles. The van der Waals surface area contributed by atoms with Crippen LogP contribution in [0.5, 0.6) is 5.75 Å². The topological polar surface area (TPSA) is 21.3 Å². The fourth-order valence-electron chi connectivity index (χ4n) is 1.82. The Kier molecular flexibility index (Phi) is 3.10. The van der Waals surface area contributed by atoms with E-state index in [1.54, 1.807) is 12.1 Å². The quantitative estimate of drug-likeness (QED) is 0.852. The molecule has 1 saturated heterocycles. The van der Waals surface area contributed by atoms with Gasteiger partial charge in [0, 0.05) is 12.0 Å². The second-order valence-corrected chi connectivity index (χ2v) is 4.16. The highest BCUT2D eigenvalue weighted by molar-refractivity contribution is 5.31. The van der Waals surface area contributed by atoms with Crippen molar-refractivity contribution >= 4 is 0 Å². The van der Waals surface area contributed by atoms with Crippen LogP contribution in [0.25, 0.3) is 0 Å². The first-order chi connectivity index (χ1) is 7.62. The van der Waals surface area contributed by atoms with E-state index in [2.05, 4.69) is 5.32 Å². The zero-order valence-electron chi connectivity index (χ0n) is 9.17. The smallest absolute Gasteiger partial charge is 0.273 e. The predicted octanol–water partition coefficient (Wildman–Crippen LogP) is 2.40. The van der Waals surface area contributed by atoms with Crippen molar-refractivity contribution in [3.63, 3.8) is 0 Å². The van der Waals surface area contributed by atoms with Crippen LogP contribution in [0.3, 0.4) is 0 Å². The summed E-state index contributed by atoms with van der Waals surface area (Å²) in [6, 6.07) is 6.13. The van der Waals surface area contributed by atoms with Crippen LogP contribution in [0.2, 0.25) is 0 Å². The number of alkyl halides is 2. The first kappa shape index (κ1) is 11.3. The molecule has 88 valence electrons. The van der Waals surface area contributed by atoms with E-state index in [0.717, 1.165) is 0 Å². The number of rotatable bonds is 4. The minimum atomic E-state index is -2.76. The molecule has 0 spiro atoms. The lowest BCUT2D eigenvalue weighted by molar-refractivity contribution is -0.0357. The standard InChI is InChI=1S/C12H15F2NO/c1-16-11-4-2-3-10(5-11)12(13,14)6-9-7-15-8-9/h2-5,9,15H,6-8H2,1H3. The number of ether oxygens (including phenoxy) is 1. The lowest BCUT2D eigenvalue weighted by Gasteiger charge is -2.30. The summed E-state index contributed by atoms with van der Waals surface area (Å²) in [7, 11) is 1.48. The lowest BCUT2D eigenvalue weighted by atomic mass is 9.92. The summed E-state index contributed by atoms with van der Waals surface area (Å²) in [6.45, 7) is 1.39. The van der Waals surface area contributed by atoms with Gasteiger partial charge in [-0.05, 0) is 31.1 Å². The molecule has 2 nitrogen and oxygen atoms in total. The molecule has 0 radical (unpaired) electrons. The maximum Gasteiger partial charge on any atom is 0.273 e. The van der Waals surface area contributed by atoms with Crippen LogP contribution < -0.4 is 10.1 Å². The third-order valence-corrected chi connectivity index (χ3v) is 2.90. The molecule has 1 aromatic carbocycles. The predicted molar refractivity (Wildman–Crippen MR) is 57.9 cm³/mol. The van der Waals surface area contributed by atoms with Crippen molar-refractivity contribution in [1.29, 1.82) is 0 Å². The van der Waals surface area contributed by atoms with Crippen LogP contribution >= 0.6 is 0 Å². The summed E-state index contributed by atoms with van der Waals surface area (Å²) in [4.78, 5) is 0. The Morgan fingerprint density at radius 2 is 2.19 bits per heavy atom. The van der Waals surface area contributed by atoms with Crippen LogP contribution in [0.4, 0.5) is 8.78 Å². The first-order valence-corrected chi connectivity index (χ1v) is 5.35. The largest absolute Gasteiger partial charge is 0.497 e. The van der Waals surface area contributed by atoms with E-state index in [0.29, 0.717) is 18.8 Å². The minimum absolute atomic E-state index is 0.0405. The van der Waals surface area contributed by atoms with Gasteiger partial charge in [0.15, 0.2) is 0 Å². The number of hydrogen-bond acceptors (Lipinski definition) is 2. The highest BCUT2D eigenvalue weighted by atomic mass is 19.3. The average Bonchev–Trinajstić information content (AvgIpc) is 2.24. The van der Waals surface area contributed by atoms with Crippen molar-refractivity contribution < 1.29 is 13.5 Å². The molecule has 0 bridgehead atoms. The van der Waals surface area contributed by atoms with E-state index in [9.17, 15) is 8.78 Å². The van der Waals surface area contributed by atoms with E-state index in [-0.39, 0.29) is 17.9 Å². The van der Waals surface area contributed by atoms with Crippen LogP contribution in [0, 0.1) is 5.92 Å². The number of halogens is 2. The molecular formula is C12H15F2NO. The SMILES string of the molecule is COc1cccc(C(F)(F)CC2CNC2)c1. The lowest BCUT2D eigenvalue weighted by Crippen LogP contribution is -2.44. The zero-order valence-corrected chi connectivity index (χ0v) is 9.17. The molecule has 1 aliphatic heterocycles. The van der Waals surface area contributed by atoms with Gasteiger partial charge >= 0.3 is 0 Å². The highest BCUT2D eigenvalue weighted by Crippen LogP contribution is 2.36. The molecule has 16 heavy (non-hydrogen) atoms. The second kappa shape index (κ2) is 4.37. The molecule has 1 N–H and O–H groups in total. The second-order valence-electron chi connectivity index (χ2n) is 4.16. The average molecular weight is 227 g/mol. The van der Waals surface area contributed by atoms with Crippen molar-refractivity contribution in [1.82, 2.24) is 5.32 Å². The van der Waals surface area contributed by atoms with Crippen molar-refractivity contribution in [3.05, 3.63) is 29.8 Å². The fraction of sp³-hybridized carbons (Fsp3) is 0.500. The van der Waals surface area contributed by atoms with E-state index < -0.39 is 5.92 Å². The van der Waals surface area contributed by atoms with E-state index >= 15 is 0 Å². The van der Waals surface area contributed by atoms with Crippen LogP contribution in [-0.4, -0.2) is 20.2 Å². The van der Waals surface area contributed by atoms with Crippen LogP contribution in [0.15, 0.2) is 24.3 Å². The molecular weight excluding hydrogens is 212 g/mol. The number of methoxy groups -OCH3 is 1. The summed E-state index contributed by atoms with van der Waals surface area (Å²) in [5.41, 5.74) is 0.0405. The van der Waals surface area contributed by atoms with Gasteiger partial charge in [-0.25, -0.2) is 8.78 Å². The maximum atomic E-state index is 13.9. The third-order valence-electron chi connectivity index (χ3n) is 2.90. The van der Waals surface area contributed by atoms with Gasteiger partial charge in [0.25, 0.3) is 5.92 Å². The monoisotopic (exact) mass is 227 g/mol. The van der Waals surface area contributed by atoms with E-state index in [4.69, 9.17) is 4.74 Å². The van der Waals surface area contributed by atoms with Crippen molar-refractivity contribution in [2.45, 2.75) is 12.3 Å². The van der Waals surface area contributed by atoms with Gasteiger partial charge in [-0.1, -0.05) is 12.1 Å². The fourth-order valence-corrected chi connectivity index (χ4v) is 1.82. The summed E-state index contributed by atoms with van der Waals surface area (Å²) in [5, 5.41) is 3.00. The first-order valence-electron chi connectivity index (χ1n) is 5.35. The molecule has 0 aliphatic carbocycles. The van der Waals surface area contributed by atoms with Crippen LogP contribution in [-0.2, 0) is 5.92 Å². The Hall–Kier alpha value is -1.16. The molecule has 0 atom stereocenters. The molecule has 0 saturated carbocycles. The van der Waals surface area contributed by atoms with Crippen molar-refractivity contribution in [3.8, 4) is 5.75 Å². The Morgan fingerprint density at radius 1 is 1.44 bits per heavy atom. The van der Waals surface area contributed by atoms with Crippen LogP contribution in [0.1, 0.15) is 12.0 Å². The van der Waals surface area contributed by atoms with Crippen molar-refractivity contribution in [2.24, 2.45) is 5.92 Å². The number of hydrogen-bond donors (Lipinski definition) is 1. The van der Waals surface area contributed by atoms with E-state index in [1.165, 1.54) is 19.2 Å². The third kappa shape index (κ3) is 2.32. The maximum absolute atomic E-state index is 13.9. The molecule has 4 heteroatoms. The van der Waals surface area contributed by atoms with Gasteiger partial charge in [-0.15, -0.1) is 0 Å². The Balaban J connectivity index is 2.13. The van der Waals surface area contributed by atoms with E-state index in [1.807, 2.05) is 0 Å². The van der Waals surface area contributed by atoms with Gasteiger partial charge in [0.1, 0.15) is 5.75 Å². The Labute approximate surface area is 93.6 Å². The normalized spacial score (nSPS) is 16.9. The zero-order chi connectivity index (χ0) is 11.6. The molecule has 0 amide bonds. The summed E-state index contributed by atoms with van der Waals surface area (Å²) < 4.78 is 32.7.